The van der Waals surface area contributed by atoms with E-state index in [1.165, 1.54) is 7.11 Å². The minimum absolute atomic E-state index is 0.110. The lowest BCUT2D eigenvalue weighted by Gasteiger charge is -2.06. The highest BCUT2D eigenvalue weighted by Gasteiger charge is 2.02. The normalized spacial score (nSPS) is 12.6. The van der Waals surface area contributed by atoms with Crippen molar-refractivity contribution in [3.63, 3.8) is 0 Å². The van der Waals surface area contributed by atoms with E-state index in [0.717, 1.165) is 12.2 Å². The maximum absolute atomic E-state index is 10.6. The van der Waals surface area contributed by atoms with E-state index in [4.69, 9.17) is 0 Å². The molecule has 2 nitrogen and oxygen atoms in total. The van der Waals surface area contributed by atoms with Gasteiger partial charge in [-0.15, -0.1) is 0 Å². The van der Waals surface area contributed by atoms with Gasteiger partial charge in [-0.25, -0.2) is 0 Å². The van der Waals surface area contributed by atoms with Crippen LogP contribution in [0.2, 0.25) is 0 Å². The number of hydrogen-bond acceptors (Lipinski definition) is 3. The van der Waals surface area contributed by atoms with Crippen LogP contribution >= 0.6 is 11.8 Å². The van der Waals surface area contributed by atoms with Gasteiger partial charge in [0.15, 0.2) is 0 Å². The summed E-state index contributed by atoms with van der Waals surface area (Å²) in [5, 5.41) is 0.652. The lowest BCUT2D eigenvalue weighted by atomic mass is 10.4. The fraction of sp³-hybridized carbons (Fsp3) is 0.875. The van der Waals surface area contributed by atoms with Crippen LogP contribution in [0.3, 0.4) is 0 Å². The Morgan fingerprint density at radius 2 is 2.27 bits per heavy atom. The number of rotatable bonds is 5. The van der Waals surface area contributed by atoms with Gasteiger partial charge < -0.3 is 4.74 Å². The summed E-state index contributed by atoms with van der Waals surface area (Å²) in [6.07, 6.45) is 1.69. The molecule has 0 aromatic heterocycles. The molecule has 0 saturated carbocycles. The average molecular weight is 176 g/mol. The fourth-order valence-corrected chi connectivity index (χ4v) is 1.49. The molecule has 0 aromatic carbocycles. The van der Waals surface area contributed by atoms with Gasteiger partial charge in [-0.1, -0.05) is 13.8 Å². The van der Waals surface area contributed by atoms with Crippen LogP contribution in [0.1, 0.15) is 26.7 Å². The Morgan fingerprint density at radius 1 is 1.64 bits per heavy atom. The van der Waals surface area contributed by atoms with Gasteiger partial charge in [-0.05, 0) is 6.42 Å². The van der Waals surface area contributed by atoms with Crippen LogP contribution in [-0.4, -0.2) is 24.1 Å². The zero-order chi connectivity index (χ0) is 8.69. The standard InChI is InChI=1S/C8H16O2S/c1-4-7(2)11-6-5-8(9)10-3/h7H,4-6H2,1-3H3. The molecule has 0 fully saturated rings. The average Bonchev–Trinajstić information content (AvgIpc) is 2.04. The van der Waals surface area contributed by atoms with Gasteiger partial charge in [0.05, 0.1) is 13.5 Å². The first kappa shape index (κ1) is 10.8. The molecule has 0 aromatic rings. The van der Waals surface area contributed by atoms with Crippen molar-refractivity contribution >= 4 is 17.7 Å². The van der Waals surface area contributed by atoms with Gasteiger partial charge in [-0.2, -0.15) is 11.8 Å². The number of thioether (sulfide) groups is 1. The summed E-state index contributed by atoms with van der Waals surface area (Å²) >= 11 is 1.82. The van der Waals surface area contributed by atoms with Gasteiger partial charge in [0.2, 0.25) is 0 Å². The highest BCUT2D eigenvalue weighted by atomic mass is 32.2. The molecule has 1 unspecified atom stereocenters. The number of hydrogen-bond donors (Lipinski definition) is 0. The zero-order valence-electron chi connectivity index (χ0n) is 7.42. The molecule has 0 aliphatic rings. The van der Waals surface area contributed by atoms with Gasteiger partial charge in [0.25, 0.3) is 0 Å². The second-order valence-electron chi connectivity index (χ2n) is 2.42. The van der Waals surface area contributed by atoms with Crippen LogP contribution in [0.15, 0.2) is 0 Å². The number of ether oxygens (including phenoxy) is 1. The summed E-state index contributed by atoms with van der Waals surface area (Å²) in [6.45, 7) is 4.32. The van der Waals surface area contributed by atoms with E-state index in [1.54, 1.807) is 0 Å². The smallest absolute Gasteiger partial charge is 0.306 e. The summed E-state index contributed by atoms with van der Waals surface area (Å²) in [6, 6.07) is 0. The summed E-state index contributed by atoms with van der Waals surface area (Å²) in [5.41, 5.74) is 0. The molecule has 0 rings (SSSR count). The quantitative estimate of drug-likeness (QED) is 0.600. The Morgan fingerprint density at radius 3 is 2.73 bits per heavy atom. The molecule has 1 atom stereocenters. The molecule has 0 N–H and O–H groups in total. The van der Waals surface area contributed by atoms with Crippen molar-refractivity contribution in [1.29, 1.82) is 0 Å². The molecular weight excluding hydrogens is 160 g/mol. The molecule has 0 aliphatic heterocycles. The van der Waals surface area contributed by atoms with E-state index >= 15 is 0 Å². The van der Waals surface area contributed by atoms with Crippen LogP contribution in [0.25, 0.3) is 0 Å². The molecule has 0 radical (unpaired) electrons. The first-order valence-corrected chi connectivity index (χ1v) is 4.94. The molecule has 66 valence electrons. The van der Waals surface area contributed by atoms with Crippen molar-refractivity contribution in [2.75, 3.05) is 12.9 Å². The van der Waals surface area contributed by atoms with E-state index in [-0.39, 0.29) is 5.97 Å². The Hall–Kier alpha value is -0.180. The molecule has 0 bridgehead atoms. The van der Waals surface area contributed by atoms with Crippen molar-refractivity contribution in [2.45, 2.75) is 31.9 Å². The van der Waals surface area contributed by atoms with E-state index in [2.05, 4.69) is 18.6 Å². The lowest BCUT2D eigenvalue weighted by molar-refractivity contribution is -0.140. The third-order valence-corrected chi connectivity index (χ3v) is 2.85. The van der Waals surface area contributed by atoms with Gasteiger partial charge in [0, 0.05) is 11.0 Å². The highest BCUT2D eigenvalue weighted by molar-refractivity contribution is 7.99. The number of carbonyl (C=O) groups is 1. The van der Waals surface area contributed by atoms with Crippen molar-refractivity contribution in [3.05, 3.63) is 0 Å². The molecule has 0 aliphatic carbocycles. The van der Waals surface area contributed by atoms with Gasteiger partial charge in [-0.3, -0.25) is 4.79 Å². The van der Waals surface area contributed by atoms with Crippen molar-refractivity contribution in [1.82, 2.24) is 0 Å². The van der Waals surface area contributed by atoms with Gasteiger partial charge >= 0.3 is 5.97 Å². The second-order valence-corrected chi connectivity index (χ2v) is 3.96. The largest absolute Gasteiger partial charge is 0.469 e. The Bertz CT molecular complexity index is 115. The maximum atomic E-state index is 10.6. The van der Waals surface area contributed by atoms with Crippen LogP contribution in [0.4, 0.5) is 0 Å². The third-order valence-electron chi connectivity index (χ3n) is 1.51. The first-order chi connectivity index (χ1) is 5.20. The third kappa shape index (κ3) is 6.23. The molecule has 0 spiro atoms. The van der Waals surface area contributed by atoms with E-state index in [1.807, 2.05) is 11.8 Å². The van der Waals surface area contributed by atoms with Crippen molar-refractivity contribution < 1.29 is 9.53 Å². The summed E-state index contributed by atoms with van der Waals surface area (Å²) < 4.78 is 4.51. The first-order valence-electron chi connectivity index (χ1n) is 3.89. The molecule has 0 amide bonds. The summed E-state index contributed by atoms with van der Waals surface area (Å²) in [5.74, 6) is 0.766. The zero-order valence-corrected chi connectivity index (χ0v) is 8.24. The number of esters is 1. The minimum Gasteiger partial charge on any atom is -0.469 e. The van der Waals surface area contributed by atoms with Crippen LogP contribution in [0.5, 0.6) is 0 Å². The molecule has 0 heterocycles. The Labute approximate surface area is 72.7 Å². The lowest BCUT2D eigenvalue weighted by Crippen LogP contribution is -2.03. The van der Waals surface area contributed by atoms with Crippen molar-refractivity contribution in [3.8, 4) is 0 Å². The second kappa shape index (κ2) is 6.53. The molecular formula is C8H16O2S. The summed E-state index contributed by atoms with van der Waals surface area (Å²) in [4.78, 5) is 10.6. The Kier molecular flexibility index (Phi) is 6.42. The highest BCUT2D eigenvalue weighted by Crippen LogP contribution is 2.14. The van der Waals surface area contributed by atoms with Crippen LogP contribution < -0.4 is 0 Å². The topological polar surface area (TPSA) is 26.3 Å². The van der Waals surface area contributed by atoms with Crippen LogP contribution in [0, 0.1) is 0 Å². The monoisotopic (exact) mass is 176 g/mol. The maximum Gasteiger partial charge on any atom is 0.306 e. The predicted molar refractivity (Wildman–Crippen MR) is 48.8 cm³/mol. The van der Waals surface area contributed by atoms with Crippen molar-refractivity contribution in [2.24, 2.45) is 0 Å². The number of methoxy groups -OCH3 is 1. The Balaban J connectivity index is 3.20. The molecule has 3 heteroatoms. The number of carbonyl (C=O) groups excluding carboxylic acids is 1. The summed E-state index contributed by atoms with van der Waals surface area (Å²) in [7, 11) is 1.43. The molecule has 11 heavy (non-hydrogen) atoms. The fourth-order valence-electron chi connectivity index (χ4n) is 0.563. The molecule has 0 saturated heterocycles. The SMILES string of the molecule is CCC(C)SCCC(=O)OC. The van der Waals surface area contributed by atoms with Gasteiger partial charge in [0.1, 0.15) is 0 Å². The van der Waals surface area contributed by atoms with E-state index in [9.17, 15) is 4.79 Å². The van der Waals surface area contributed by atoms with E-state index in [0.29, 0.717) is 11.7 Å². The predicted octanol–water partition coefficient (Wildman–Crippen LogP) is 2.08. The van der Waals surface area contributed by atoms with E-state index < -0.39 is 0 Å². The minimum atomic E-state index is -0.110. The van der Waals surface area contributed by atoms with Crippen LogP contribution in [-0.2, 0) is 9.53 Å².